The van der Waals surface area contributed by atoms with Crippen molar-refractivity contribution in [2.45, 2.75) is 31.8 Å². The second-order valence-electron chi connectivity index (χ2n) is 2.84. The van der Waals surface area contributed by atoms with E-state index in [1.165, 1.54) is 6.08 Å². The van der Waals surface area contributed by atoms with Gasteiger partial charge in [-0.05, 0) is 18.9 Å². The van der Waals surface area contributed by atoms with Crippen molar-refractivity contribution in [2.75, 3.05) is 6.61 Å². The number of carboxylic acid groups (broad SMARTS) is 1. The number of aliphatic carboxylic acids is 1. The van der Waals surface area contributed by atoms with Gasteiger partial charge in [-0.2, -0.15) is 0 Å². The number of aliphatic hydroxyl groups excluding tert-OH is 2. The van der Waals surface area contributed by atoms with Gasteiger partial charge in [0.25, 0.3) is 0 Å². The minimum atomic E-state index is -1.05. The van der Waals surface area contributed by atoms with Crippen LogP contribution < -0.4 is 0 Å². The van der Waals surface area contributed by atoms with E-state index >= 15 is 0 Å². The van der Waals surface area contributed by atoms with E-state index in [1.54, 1.807) is 0 Å². The van der Waals surface area contributed by atoms with Crippen LogP contribution in [0.25, 0.3) is 0 Å². The summed E-state index contributed by atoms with van der Waals surface area (Å²) in [6.07, 6.45) is 4.45. The Balaban J connectivity index is 3.40. The number of carbonyl (C=O) groups is 1. The van der Waals surface area contributed by atoms with Crippen molar-refractivity contribution < 1.29 is 20.1 Å². The van der Waals surface area contributed by atoms with E-state index in [0.29, 0.717) is 6.42 Å². The molecule has 3 N–H and O–H groups in total. The van der Waals surface area contributed by atoms with Crippen molar-refractivity contribution in [1.29, 1.82) is 0 Å². The van der Waals surface area contributed by atoms with Crippen molar-refractivity contribution >= 4 is 5.97 Å². The predicted molar refractivity (Wildman–Crippen MR) is 48.3 cm³/mol. The lowest BCUT2D eigenvalue weighted by molar-refractivity contribution is -0.131. The largest absolute Gasteiger partial charge is 0.478 e. The molecule has 0 rings (SSSR count). The zero-order chi connectivity index (χ0) is 10.1. The molecule has 1 unspecified atom stereocenters. The maximum atomic E-state index is 10.0. The number of hydrogen-bond donors (Lipinski definition) is 3. The lowest BCUT2D eigenvalue weighted by Crippen LogP contribution is -2.03. The Morgan fingerprint density at radius 2 is 2.00 bits per heavy atom. The zero-order valence-corrected chi connectivity index (χ0v) is 7.52. The van der Waals surface area contributed by atoms with Gasteiger partial charge in [-0.3, -0.25) is 0 Å². The summed E-state index contributed by atoms with van der Waals surface area (Å²) < 4.78 is 0. The van der Waals surface area contributed by atoms with Crippen LogP contribution >= 0.6 is 0 Å². The highest BCUT2D eigenvalue weighted by molar-refractivity contribution is 5.79. The summed E-state index contributed by atoms with van der Waals surface area (Å²) in [6, 6.07) is 0. The van der Waals surface area contributed by atoms with Gasteiger partial charge in [0.2, 0.25) is 0 Å². The molecule has 0 spiro atoms. The Morgan fingerprint density at radius 3 is 2.54 bits per heavy atom. The average molecular weight is 188 g/mol. The summed E-state index contributed by atoms with van der Waals surface area (Å²) in [5.74, 6) is -1.05. The minimum absolute atomic E-state index is 0.168. The first-order valence-electron chi connectivity index (χ1n) is 4.37. The smallest absolute Gasteiger partial charge is 0.328 e. The molecule has 0 aliphatic heterocycles. The molecule has 76 valence electrons. The third kappa shape index (κ3) is 9.04. The molecule has 4 heteroatoms. The van der Waals surface area contributed by atoms with Gasteiger partial charge >= 0.3 is 5.97 Å². The molecule has 0 saturated carbocycles. The SMILES string of the molecule is O=C(O)C=CC(O)CCCCCO. The maximum absolute atomic E-state index is 10.0. The summed E-state index contributed by atoms with van der Waals surface area (Å²) in [4.78, 5) is 10.0. The first-order valence-corrected chi connectivity index (χ1v) is 4.37. The Bertz CT molecular complexity index is 165. The number of carboxylic acids is 1. The fourth-order valence-electron chi connectivity index (χ4n) is 0.932. The summed E-state index contributed by atoms with van der Waals surface area (Å²) >= 11 is 0. The first-order chi connectivity index (χ1) is 6.16. The Kier molecular flexibility index (Phi) is 7.24. The lowest BCUT2D eigenvalue weighted by atomic mass is 10.1. The molecule has 4 nitrogen and oxygen atoms in total. The van der Waals surface area contributed by atoms with Gasteiger partial charge < -0.3 is 15.3 Å². The molecular formula is C9H16O4. The van der Waals surface area contributed by atoms with Crippen LogP contribution in [0.2, 0.25) is 0 Å². The molecule has 0 aliphatic rings. The highest BCUT2D eigenvalue weighted by Crippen LogP contribution is 2.04. The molecule has 0 fully saturated rings. The second-order valence-corrected chi connectivity index (χ2v) is 2.84. The van der Waals surface area contributed by atoms with Crippen LogP contribution in [-0.2, 0) is 4.79 Å². The standard InChI is InChI=1S/C9H16O4/c10-7-3-1-2-4-8(11)5-6-9(12)13/h5-6,8,10-11H,1-4,7H2,(H,12,13). The van der Waals surface area contributed by atoms with Crippen molar-refractivity contribution in [3.05, 3.63) is 12.2 Å². The third-order valence-electron chi connectivity index (χ3n) is 1.62. The second kappa shape index (κ2) is 7.76. The fraction of sp³-hybridized carbons (Fsp3) is 0.667. The van der Waals surface area contributed by atoms with Crippen LogP contribution in [0.1, 0.15) is 25.7 Å². The van der Waals surface area contributed by atoms with Crippen LogP contribution in [0.15, 0.2) is 12.2 Å². The van der Waals surface area contributed by atoms with Crippen LogP contribution in [0.3, 0.4) is 0 Å². The lowest BCUT2D eigenvalue weighted by Gasteiger charge is -2.03. The number of hydrogen-bond acceptors (Lipinski definition) is 3. The van der Waals surface area contributed by atoms with Crippen molar-refractivity contribution in [2.24, 2.45) is 0 Å². The van der Waals surface area contributed by atoms with Gasteiger partial charge in [-0.15, -0.1) is 0 Å². The first kappa shape index (κ1) is 12.1. The molecule has 0 amide bonds. The molecule has 0 radical (unpaired) electrons. The molecule has 0 heterocycles. The fourth-order valence-corrected chi connectivity index (χ4v) is 0.932. The molecule has 1 atom stereocenters. The van der Waals surface area contributed by atoms with Gasteiger partial charge in [0, 0.05) is 12.7 Å². The van der Waals surface area contributed by atoms with Crippen molar-refractivity contribution in [3.8, 4) is 0 Å². The highest BCUT2D eigenvalue weighted by Gasteiger charge is 1.99. The molecule has 0 saturated heterocycles. The average Bonchev–Trinajstić information content (AvgIpc) is 2.09. The Morgan fingerprint density at radius 1 is 1.31 bits per heavy atom. The van der Waals surface area contributed by atoms with Gasteiger partial charge in [0.05, 0.1) is 6.10 Å². The Labute approximate surface area is 77.5 Å². The van der Waals surface area contributed by atoms with Gasteiger partial charge in [-0.25, -0.2) is 4.79 Å². The molecule has 0 aromatic carbocycles. The highest BCUT2D eigenvalue weighted by atomic mass is 16.4. The van der Waals surface area contributed by atoms with E-state index in [4.69, 9.17) is 10.2 Å². The molecule has 0 aromatic rings. The van der Waals surface area contributed by atoms with Gasteiger partial charge in [0.15, 0.2) is 0 Å². The monoisotopic (exact) mass is 188 g/mol. The van der Waals surface area contributed by atoms with Crippen molar-refractivity contribution in [3.63, 3.8) is 0 Å². The number of aliphatic hydroxyl groups is 2. The van der Waals surface area contributed by atoms with Gasteiger partial charge in [0.1, 0.15) is 0 Å². The van der Waals surface area contributed by atoms with E-state index in [-0.39, 0.29) is 6.61 Å². The van der Waals surface area contributed by atoms with Crippen LogP contribution in [0.5, 0.6) is 0 Å². The molecular weight excluding hydrogens is 172 g/mol. The number of unbranched alkanes of at least 4 members (excludes halogenated alkanes) is 2. The molecule has 13 heavy (non-hydrogen) atoms. The molecule has 0 bridgehead atoms. The van der Waals surface area contributed by atoms with E-state index in [9.17, 15) is 9.90 Å². The summed E-state index contributed by atoms with van der Waals surface area (Å²) in [6.45, 7) is 0.168. The maximum Gasteiger partial charge on any atom is 0.328 e. The van der Waals surface area contributed by atoms with Crippen LogP contribution in [-0.4, -0.2) is 34.0 Å². The van der Waals surface area contributed by atoms with Crippen LogP contribution in [0.4, 0.5) is 0 Å². The van der Waals surface area contributed by atoms with E-state index in [0.717, 1.165) is 25.3 Å². The number of rotatable bonds is 7. The zero-order valence-electron chi connectivity index (χ0n) is 7.52. The summed E-state index contributed by atoms with van der Waals surface area (Å²) in [5.41, 5.74) is 0. The van der Waals surface area contributed by atoms with Crippen molar-refractivity contribution in [1.82, 2.24) is 0 Å². The topological polar surface area (TPSA) is 77.8 Å². The minimum Gasteiger partial charge on any atom is -0.478 e. The quantitative estimate of drug-likeness (QED) is 0.402. The molecule has 0 aromatic heterocycles. The predicted octanol–water partition coefficient (Wildman–Crippen LogP) is 0.541. The van der Waals surface area contributed by atoms with Crippen LogP contribution in [0, 0.1) is 0 Å². The normalized spacial score (nSPS) is 13.4. The third-order valence-corrected chi connectivity index (χ3v) is 1.62. The van der Waals surface area contributed by atoms with Gasteiger partial charge in [-0.1, -0.05) is 12.8 Å². The Hall–Kier alpha value is -0.870. The van der Waals surface area contributed by atoms with E-state index in [2.05, 4.69) is 0 Å². The van der Waals surface area contributed by atoms with E-state index < -0.39 is 12.1 Å². The van der Waals surface area contributed by atoms with E-state index in [1.807, 2.05) is 0 Å². The summed E-state index contributed by atoms with van der Waals surface area (Å²) in [7, 11) is 0. The molecule has 0 aliphatic carbocycles. The summed E-state index contributed by atoms with van der Waals surface area (Å²) in [5, 5.41) is 25.9.